The normalized spacial score (nSPS) is 18.2. The number of nitrogens with zero attached hydrogens (tertiary/aromatic N) is 3. The van der Waals surface area contributed by atoms with E-state index in [1.165, 1.54) is 0 Å². The first-order valence-electron chi connectivity index (χ1n) is 7.30. The van der Waals surface area contributed by atoms with Crippen molar-refractivity contribution in [2.75, 3.05) is 13.1 Å². The molecule has 2 aromatic heterocycles. The number of furan rings is 1. The minimum absolute atomic E-state index is 0.122. The fourth-order valence-electron chi connectivity index (χ4n) is 2.60. The number of hydrogen-bond acceptors (Lipinski definition) is 7. The first-order chi connectivity index (χ1) is 11.1. The van der Waals surface area contributed by atoms with Crippen molar-refractivity contribution in [1.82, 2.24) is 20.4 Å². The molecule has 23 heavy (non-hydrogen) atoms. The Hall–Kier alpha value is -2.68. The van der Waals surface area contributed by atoms with E-state index in [0.717, 1.165) is 19.4 Å². The van der Waals surface area contributed by atoms with Gasteiger partial charge in [-0.15, -0.1) is 0 Å². The molecule has 0 saturated carbocycles. The van der Waals surface area contributed by atoms with Crippen LogP contribution in [0.5, 0.6) is 0 Å². The van der Waals surface area contributed by atoms with Crippen molar-refractivity contribution in [3.63, 3.8) is 0 Å². The van der Waals surface area contributed by atoms with Crippen LogP contribution >= 0.6 is 0 Å². The molecule has 0 spiro atoms. The Labute approximate surface area is 131 Å². The van der Waals surface area contributed by atoms with Gasteiger partial charge in [-0.3, -0.25) is 14.5 Å². The smallest absolute Gasteiger partial charge is 0.290 e. The number of aromatic nitrogens is 2. The second-order valence-electron chi connectivity index (χ2n) is 5.31. The fraction of sp³-hybridized carbons (Fsp3) is 0.429. The van der Waals surface area contributed by atoms with Crippen molar-refractivity contribution in [3.8, 4) is 0 Å². The molecule has 2 amide bonds. The minimum atomic E-state index is -0.735. The van der Waals surface area contributed by atoms with Gasteiger partial charge in [0.2, 0.25) is 11.8 Å². The van der Waals surface area contributed by atoms with Crippen LogP contribution in [0.3, 0.4) is 0 Å². The first kappa shape index (κ1) is 15.2. The average Bonchev–Trinajstić information content (AvgIpc) is 3.26. The summed E-state index contributed by atoms with van der Waals surface area (Å²) in [5.41, 5.74) is 5.12. The largest absolute Gasteiger partial charge is 0.467 e. The Morgan fingerprint density at radius 2 is 2.35 bits per heavy atom. The molecule has 1 fully saturated rings. The standard InChI is InChI=1S/C14H17N5O4/c15-12(21)13-17-14(23-18-13)10-4-1-5-19(10)8-11(20)16-7-9-3-2-6-22-9/h2-3,6,10H,1,4-5,7-8H2,(H2,15,21)(H,16,20). The van der Waals surface area contributed by atoms with Gasteiger partial charge in [0, 0.05) is 0 Å². The predicted molar refractivity (Wildman–Crippen MR) is 76.9 cm³/mol. The number of carbonyl (C=O) groups is 2. The zero-order valence-corrected chi connectivity index (χ0v) is 12.4. The molecule has 3 N–H and O–H groups in total. The molecule has 9 heteroatoms. The summed E-state index contributed by atoms with van der Waals surface area (Å²) in [6.45, 7) is 1.30. The van der Waals surface area contributed by atoms with E-state index in [4.69, 9.17) is 14.7 Å². The molecule has 122 valence electrons. The Kier molecular flexibility index (Phi) is 4.38. The molecule has 0 aliphatic carbocycles. The van der Waals surface area contributed by atoms with Crippen LogP contribution in [0.2, 0.25) is 0 Å². The number of hydrogen-bond donors (Lipinski definition) is 2. The number of likely N-dealkylation sites (tertiary alicyclic amines) is 1. The minimum Gasteiger partial charge on any atom is -0.467 e. The van der Waals surface area contributed by atoms with Gasteiger partial charge in [0.25, 0.3) is 11.7 Å². The fourth-order valence-corrected chi connectivity index (χ4v) is 2.60. The third-order valence-corrected chi connectivity index (χ3v) is 3.70. The van der Waals surface area contributed by atoms with Crippen LogP contribution in [0.15, 0.2) is 27.3 Å². The summed E-state index contributed by atoms with van der Waals surface area (Å²) in [7, 11) is 0. The van der Waals surface area contributed by atoms with Crippen molar-refractivity contribution in [2.24, 2.45) is 5.73 Å². The maximum atomic E-state index is 12.0. The highest BCUT2D eigenvalue weighted by molar-refractivity contribution is 5.88. The number of nitrogens with one attached hydrogen (secondary N) is 1. The number of rotatable bonds is 6. The molecular formula is C14H17N5O4. The van der Waals surface area contributed by atoms with E-state index in [0.29, 0.717) is 18.2 Å². The van der Waals surface area contributed by atoms with Gasteiger partial charge in [0.15, 0.2) is 0 Å². The maximum absolute atomic E-state index is 12.0. The highest BCUT2D eigenvalue weighted by Gasteiger charge is 2.32. The summed E-state index contributed by atoms with van der Waals surface area (Å²) in [5, 5.41) is 6.34. The molecule has 1 aliphatic heterocycles. The Morgan fingerprint density at radius 3 is 3.04 bits per heavy atom. The summed E-state index contributed by atoms with van der Waals surface area (Å²) < 4.78 is 10.3. The third-order valence-electron chi connectivity index (χ3n) is 3.70. The second kappa shape index (κ2) is 6.61. The summed E-state index contributed by atoms with van der Waals surface area (Å²) >= 11 is 0. The number of amides is 2. The summed E-state index contributed by atoms with van der Waals surface area (Å²) in [6, 6.07) is 3.39. The predicted octanol–water partition coefficient (Wildman–Crippen LogP) is 0.215. The SMILES string of the molecule is NC(=O)c1noc(C2CCCN2CC(=O)NCc2ccco2)n1. The van der Waals surface area contributed by atoms with Crippen LogP contribution in [-0.2, 0) is 11.3 Å². The molecule has 9 nitrogen and oxygen atoms in total. The van der Waals surface area contributed by atoms with Crippen LogP contribution in [0.4, 0.5) is 0 Å². The molecule has 0 radical (unpaired) electrons. The monoisotopic (exact) mass is 319 g/mol. The van der Waals surface area contributed by atoms with E-state index < -0.39 is 5.91 Å². The number of nitrogens with two attached hydrogens (primary N) is 1. The van der Waals surface area contributed by atoms with Gasteiger partial charge >= 0.3 is 0 Å². The van der Waals surface area contributed by atoms with E-state index in [9.17, 15) is 9.59 Å². The van der Waals surface area contributed by atoms with Gasteiger partial charge < -0.3 is 20.0 Å². The summed E-state index contributed by atoms with van der Waals surface area (Å²) in [5.74, 6) is 0.00672. The van der Waals surface area contributed by atoms with Gasteiger partial charge in [-0.1, -0.05) is 5.16 Å². The van der Waals surface area contributed by atoms with E-state index in [1.807, 2.05) is 4.90 Å². The zero-order chi connectivity index (χ0) is 16.2. The molecule has 3 rings (SSSR count). The molecule has 0 bridgehead atoms. The average molecular weight is 319 g/mol. The third kappa shape index (κ3) is 3.57. The Balaban J connectivity index is 1.57. The van der Waals surface area contributed by atoms with Crippen molar-refractivity contribution in [1.29, 1.82) is 0 Å². The molecule has 2 aromatic rings. The van der Waals surface area contributed by atoms with E-state index in [1.54, 1.807) is 18.4 Å². The van der Waals surface area contributed by atoms with Gasteiger partial charge in [0.05, 0.1) is 25.4 Å². The Bertz CT molecular complexity index is 681. The molecule has 1 unspecified atom stereocenters. The van der Waals surface area contributed by atoms with Crippen LogP contribution in [0, 0.1) is 0 Å². The lowest BCUT2D eigenvalue weighted by Crippen LogP contribution is -2.36. The van der Waals surface area contributed by atoms with Crippen LogP contribution < -0.4 is 11.1 Å². The zero-order valence-electron chi connectivity index (χ0n) is 12.4. The number of carbonyl (C=O) groups excluding carboxylic acids is 2. The topological polar surface area (TPSA) is 127 Å². The Morgan fingerprint density at radius 1 is 1.48 bits per heavy atom. The number of primary amides is 1. The van der Waals surface area contributed by atoms with Gasteiger partial charge in [0.1, 0.15) is 5.76 Å². The van der Waals surface area contributed by atoms with Crippen LogP contribution in [-0.4, -0.2) is 39.9 Å². The van der Waals surface area contributed by atoms with Crippen molar-refractivity contribution >= 4 is 11.8 Å². The lowest BCUT2D eigenvalue weighted by molar-refractivity contribution is -0.122. The van der Waals surface area contributed by atoms with Crippen LogP contribution in [0.1, 0.15) is 41.2 Å². The highest BCUT2D eigenvalue weighted by Crippen LogP contribution is 2.30. The molecule has 0 aromatic carbocycles. The summed E-state index contributed by atoms with van der Waals surface area (Å²) in [6.07, 6.45) is 3.25. The highest BCUT2D eigenvalue weighted by atomic mass is 16.5. The van der Waals surface area contributed by atoms with Gasteiger partial charge in [-0.25, -0.2) is 0 Å². The van der Waals surface area contributed by atoms with E-state index in [2.05, 4.69) is 15.5 Å². The van der Waals surface area contributed by atoms with Crippen LogP contribution in [0.25, 0.3) is 0 Å². The molecule has 1 aliphatic rings. The first-order valence-corrected chi connectivity index (χ1v) is 7.30. The molecule has 3 heterocycles. The lowest BCUT2D eigenvalue weighted by Gasteiger charge is -2.20. The summed E-state index contributed by atoms with van der Waals surface area (Å²) in [4.78, 5) is 29.0. The molecule has 1 saturated heterocycles. The maximum Gasteiger partial charge on any atom is 0.290 e. The lowest BCUT2D eigenvalue weighted by atomic mass is 10.2. The molecule has 1 atom stereocenters. The van der Waals surface area contributed by atoms with Crippen molar-refractivity contribution in [2.45, 2.75) is 25.4 Å². The van der Waals surface area contributed by atoms with E-state index in [-0.39, 0.29) is 24.3 Å². The van der Waals surface area contributed by atoms with E-state index >= 15 is 0 Å². The molecular weight excluding hydrogens is 302 g/mol. The van der Waals surface area contributed by atoms with Crippen molar-refractivity contribution < 1.29 is 18.5 Å². The second-order valence-corrected chi connectivity index (χ2v) is 5.31. The van der Waals surface area contributed by atoms with Crippen molar-refractivity contribution in [3.05, 3.63) is 35.9 Å². The quantitative estimate of drug-likeness (QED) is 0.779. The van der Waals surface area contributed by atoms with Gasteiger partial charge in [-0.05, 0) is 31.5 Å². The van der Waals surface area contributed by atoms with Gasteiger partial charge in [-0.2, -0.15) is 4.98 Å².